The molecule has 2 aromatic carbocycles. The summed E-state index contributed by atoms with van der Waals surface area (Å²) in [5.74, 6) is 0. The Morgan fingerprint density at radius 1 is 0.889 bits per heavy atom. The predicted molar refractivity (Wildman–Crippen MR) is 78.5 cm³/mol. The van der Waals surface area contributed by atoms with E-state index in [1.165, 1.54) is 11.1 Å². The van der Waals surface area contributed by atoms with E-state index < -0.39 is 0 Å². The van der Waals surface area contributed by atoms with Gasteiger partial charge in [-0.15, -0.1) is 0 Å². The molecular formula is C16H17BrN. The van der Waals surface area contributed by atoms with Gasteiger partial charge in [0.15, 0.2) is 0 Å². The lowest BCUT2D eigenvalue weighted by Gasteiger charge is -2.40. The third-order valence-corrected chi connectivity index (χ3v) is 3.37. The Kier molecular flexibility index (Phi) is 4.20. The summed E-state index contributed by atoms with van der Waals surface area (Å²) in [6, 6.07) is 18.7. The number of quaternary nitrogens is 1. The van der Waals surface area contributed by atoms with Crippen molar-refractivity contribution in [2.45, 2.75) is 13.1 Å². The van der Waals surface area contributed by atoms with Crippen LogP contribution in [0.3, 0.4) is 0 Å². The number of hydrogen-bond donors (Lipinski definition) is 0. The molecular weight excluding hydrogens is 286 g/mol. The van der Waals surface area contributed by atoms with Crippen molar-refractivity contribution in [3.63, 3.8) is 0 Å². The highest BCUT2D eigenvalue weighted by Gasteiger charge is 2.09. The molecule has 0 bridgehead atoms. The monoisotopic (exact) mass is 302 g/mol. The summed E-state index contributed by atoms with van der Waals surface area (Å²) in [5.41, 5.74) is 2.51. The number of rotatable bonds is 4. The largest absolute Gasteiger partial charge is 0.472 e. The summed E-state index contributed by atoms with van der Waals surface area (Å²) < 4.78 is 1.56. The molecule has 2 heteroatoms. The van der Waals surface area contributed by atoms with Crippen LogP contribution < -0.4 is 0 Å². The van der Waals surface area contributed by atoms with Crippen LogP contribution in [0.15, 0.2) is 59.1 Å². The van der Waals surface area contributed by atoms with Crippen LogP contribution >= 0.6 is 15.9 Å². The van der Waals surface area contributed by atoms with Crippen molar-refractivity contribution in [2.75, 3.05) is 7.05 Å². The molecule has 0 aliphatic carbocycles. The first-order valence-electron chi connectivity index (χ1n) is 5.97. The zero-order valence-electron chi connectivity index (χ0n) is 10.5. The molecule has 93 valence electrons. The fourth-order valence-corrected chi connectivity index (χ4v) is 2.33. The van der Waals surface area contributed by atoms with Gasteiger partial charge in [0.1, 0.15) is 0 Å². The highest BCUT2D eigenvalue weighted by Crippen LogP contribution is 2.17. The van der Waals surface area contributed by atoms with E-state index in [0.29, 0.717) is 4.48 Å². The topological polar surface area (TPSA) is 0 Å². The summed E-state index contributed by atoms with van der Waals surface area (Å²) in [7, 11) is 8.40. The van der Waals surface area contributed by atoms with Gasteiger partial charge < -0.3 is 4.48 Å². The second-order valence-electron chi connectivity index (χ2n) is 4.91. The van der Waals surface area contributed by atoms with Crippen molar-refractivity contribution in [1.82, 2.24) is 0 Å². The zero-order valence-corrected chi connectivity index (χ0v) is 12.1. The highest BCUT2D eigenvalue weighted by molar-refractivity contribution is 9.10. The highest BCUT2D eigenvalue weighted by atomic mass is 79.9. The molecule has 0 heterocycles. The molecule has 0 saturated carbocycles. The third kappa shape index (κ3) is 3.97. The van der Waals surface area contributed by atoms with Crippen LogP contribution in [0.5, 0.6) is 0 Å². The fraction of sp³-hybridized carbons (Fsp3) is 0.188. The maximum absolute atomic E-state index is 6.34. The number of benzene rings is 2. The minimum absolute atomic E-state index is 0.464. The van der Waals surface area contributed by atoms with Crippen molar-refractivity contribution in [2.24, 2.45) is 0 Å². The number of hydrogen-bond acceptors (Lipinski definition) is 0. The van der Waals surface area contributed by atoms with E-state index in [9.17, 15) is 0 Å². The van der Waals surface area contributed by atoms with Crippen LogP contribution in [-0.4, -0.2) is 11.5 Å². The second kappa shape index (κ2) is 5.68. The second-order valence-corrected chi connectivity index (χ2v) is 5.82. The summed E-state index contributed by atoms with van der Waals surface area (Å²) in [6.45, 7) is 1.65. The first kappa shape index (κ1) is 13.3. The van der Waals surface area contributed by atoms with Crippen LogP contribution in [0.1, 0.15) is 11.1 Å². The summed E-state index contributed by atoms with van der Waals surface area (Å²) >= 11 is 3.44. The molecule has 1 unspecified atom stereocenters. The summed E-state index contributed by atoms with van der Waals surface area (Å²) in [6.07, 6.45) is 0. The first-order chi connectivity index (χ1) is 8.55. The van der Waals surface area contributed by atoms with E-state index in [1.54, 1.807) is 0 Å². The van der Waals surface area contributed by atoms with E-state index >= 15 is 0 Å². The molecule has 1 nitrogen and oxygen atoms in total. The Labute approximate surface area is 118 Å². The Bertz CT molecular complexity index is 488. The average Bonchev–Trinajstić information content (AvgIpc) is 2.32. The molecule has 1 radical (unpaired) electrons. The minimum Gasteiger partial charge on any atom is -0.472 e. The van der Waals surface area contributed by atoms with E-state index in [0.717, 1.165) is 17.6 Å². The minimum atomic E-state index is 0.464. The first-order valence-corrected chi connectivity index (χ1v) is 6.76. The molecule has 0 aromatic heterocycles. The summed E-state index contributed by atoms with van der Waals surface area (Å²) in [4.78, 5) is 0. The molecule has 0 fully saturated rings. The van der Waals surface area contributed by atoms with Gasteiger partial charge in [-0.3, -0.25) is 0 Å². The molecule has 2 rings (SSSR count). The van der Waals surface area contributed by atoms with Crippen molar-refractivity contribution >= 4 is 15.9 Å². The van der Waals surface area contributed by atoms with Gasteiger partial charge in [0.2, 0.25) is 0 Å². The molecule has 2 aromatic rings. The maximum atomic E-state index is 6.34. The van der Waals surface area contributed by atoms with Gasteiger partial charge in [0.05, 0.1) is 13.1 Å². The van der Waals surface area contributed by atoms with E-state index in [1.807, 2.05) is 6.07 Å². The van der Waals surface area contributed by atoms with Gasteiger partial charge in [0.25, 0.3) is 0 Å². The van der Waals surface area contributed by atoms with Gasteiger partial charge in [0, 0.05) is 22.6 Å². The van der Waals surface area contributed by atoms with Crippen molar-refractivity contribution in [1.29, 1.82) is 0 Å². The molecule has 18 heavy (non-hydrogen) atoms. The lowest BCUT2D eigenvalue weighted by Crippen LogP contribution is -2.35. The molecule has 0 saturated heterocycles. The molecule has 0 spiro atoms. The van der Waals surface area contributed by atoms with Gasteiger partial charge >= 0.3 is 0 Å². The molecule has 0 amide bonds. The third-order valence-electron chi connectivity index (χ3n) is 2.84. The quantitative estimate of drug-likeness (QED) is 0.584. The lowest BCUT2D eigenvalue weighted by atomic mass is 10.1. The summed E-state index contributed by atoms with van der Waals surface area (Å²) in [5, 5.41) is 0. The number of halogens is 1. The molecule has 0 N–H and O–H groups in total. The van der Waals surface area contributed by atoms with Gasteiger partial charge in [-0.25, -0.2) is 7.05 Å². The van der Waals surface area contributed by atoms with Crippen LogP contribution in [-0.2, 0) is 13.1 Å². The van der Waals surface area contributed by atoms with E-state index in [4.69, 9.17) is 7.05 Å². The van der Waals surface area contributed by atoms with Crippen molar-refractivity contribution in [3.8, 4) is 0 Å². The fourth-order valence-electron chi connectivity index (χ4n) is 2.06. The number of nitrogens with zero attached hydrogens (tertiary/aromatic N) is 1. The Hall–Kier alpha value is -1.12. The maximum Gasteiger partial charge on any atom is 0.0788 e. The van der Waals surface area contributed by atoms with Crippen molar-refractivity contribution in [3.05, 3.63) is 77.2 Å². The van der Waals surface area contributed by atoms with Crippen LogP contribution in [0.25, 0.3) is 0 Å². The normalized spacial score (nSPS) is 14.2. The van der Waals surface area contributed by atoms with Crippen LogP contribution in [0.4, 0.5) is 0 Å². The zero-order chi connectivity index (χ0) is 13.0. The SMILES string of the molecule is [CH-][N+](C)(Cc1ccccc1)Cc1ccc(Br)cc1. The molecule has 0 aliphatic rings. The van der Waals surface area contributed by atoms with Crippen molar-refractivity contribution < 1.29 is 4.48 Å². The Morgan fingerprint density at radius 2 is 1.39 bits per heavy atom. The molecule has 0 aliphatic heterocycles. The Morgan fingerprint density at radius 3 is 1.94 bits per heavy atom. The van der Waals surface area contributed by atoms with Gasteiger partial charge in [-0.2, -0.15) is 0 Å². The lowest BCUT2D eigenvalue weighted by molar-refractivity contribution is -0.893. The van der Waals surface area contributed by atoms with Gasteiger partial charge in [-0.1, -0.05) is 58.4 Å². The van der Waals surface area contributed by atoms with Crippen LogP contribution in [0, 0.1) is 7.05 Å². The molecule has 1 atom stereocenters. The van der Waals surface area contributed by atoms with E-state index in [-0.39, 0.29) is 0 Å². The average molecular weight is 303 g/mol. The Balaban J connectivity index is 2.05. The smallest absolute Gasteiger partial charge is 0.0788 e. The van der Waals surface area contributed by atoms with Crippen LogP contribution in [0.2, 0.25) is 0 Å². The predicted octanol–water partition coefficient (Wildman–Crippen LogP) is 4.26. The van der Waals surface area contributed by atoms with E-state index in [2.05, 4.69) is 71.5 Å². The standard InChI is InChI=1S/C16H17BrN/c1-18(2,12-14-6-4-3-5-7-14)13-15-8-10-16(17)11-9-15/h1,3-11H,12-13H2,2H3. The van der Waals surface area contributed by atoms with Gasteiger partial charge in [-0.05, 0) is 12.1 Å².